The number of carbonyl (C=O) groups is 1. The molecule has 0 bridgehead atoms. The van der Waals surface area contributed by atoms with Crippen molar-refractivity contribution < 1.29 is 9.53 Å². The fourth-order valence-corrected chi connectivity index (χ4v) is 2.26. The molecule has 2 aromatic carbocycles. The first kappa shape index (κ1) is 17.2. The van der Waals surface area contributed by atoms with E-state index in [2.05, 4.69) is 10.6 Å². The molecule has 0 saturated heterocycles. The third-order valence-electron chi connectivity index (χ3n) is 2.80. The van der Waals surface area contributed by atoms with Gasteiger partial charge in [0.2, 0.25) is 0 Å². The molecule has 0 unspecified atom stereocenters. The van der Waals surface area contributed by atoms with Crippen LogP contribution in [0.2, 0.25) is 5.02 Å². The van der Waals surface area contributed by atoms with Gasteiger partial charge in [0.05, 0.1) is 6.10 Å². The van der Waals surface area contributed by atoms with Crippen molar-refractivity contribution in [3.63, 3.8) is 0 Å². The Kier molecular flexibility index (Phi) is 5.96. The summed E-state index contributed by atoms with van der Waals surface area (Å²) in [5.74, 6) is 0.428. The van der Waals surface area contributed by atoms with Crippen molar-refractivity contribution in [3.05, 3.63) is 59.1 Å². The van der Waals surface area contributed by atoms with E-state index in [4.69, 9.17) is 28.6 Å². The van der Waals surface area contributed by atoms with Crippen LogP contribution in [0, 0.1) is 0 Å². The summed E-state index contributed by atoms with van der Waals surface area (Å²) >= 11 is 11.0. The Morgan fingerprint density at radius 1 is 1.17 bits per heavy atom. The minimum absolute atomic E-state index is 0.0872. The van der Waals surface area contributed by atoms with E-state index in [-0.39, 0.29) is 17.1 Å². The lowest BCUT2D eigenvalue weighted by atomic mass is 10.2. The number of rotatable bonds is 4. The van der Waals surface area contributed by atoms with Gasteiger partial charge >= 0.3 is 0 Å². The summed E-state index contributed by atoms with van der Waals surface area (Å²) in [6, 6.07) is 14.0. The Balaban J connectivity index is 1.94. The standard InChI is InChI=1S/C17H17ClN2O2S/c1-11(2)22-15-8-6-12(7-9-15)16(21)20-17(23)19-14-5-3-4-13(18)10-14/h3-11H,1-2H3,(H2,19,20,21,23). The first-order valence-corrected chi connectivity index (χ1v) is 7.87. The summed E-state index contributed by atoms with van der Waals surface area (Å²) < 4.78 is 5.54. The largest absolute Gasteiger partial charge is 0.491 e. The number of halogens is 1. The van der Waals surface area contributed by atoms with Crippen molar-refractivity contribution in [2.45, 2.75) is 20.0 Å². The van der Waals surface area contributed by atoms with Gasteiger partial charge in [0.1, 0.15) is 5.75 Å². The smallest absolute Gasteiger partial charge is 0.257 e. The van der Waals surface area contributed by atoms with E-state index in [0.29, 0.717) is 16.3 Å². The molecular weight excluding hydrogens is 332 g/mol. The maximum absolute atomic E-state index is 12.1. The molecule has 2 N–H and O–H groups in total. The summed E-state index contributed by atoms with van der Waals surface area (Å²) in [5.41, 5.74) is 1.21. The van der Waals surface area contributed by atoms with Crippen LogP contribution in [0.1, 0.15) is 24.2 Å². The number of hydrogen-bond acceptors (Lipinski definition) is 3. The van der Waals surface area contributed by atoms with E-state index >= 15 is 0 Å². The molecular formula is C17H17ClN2O2S. The molecule has 4 nitrogen and oxygen atoms in total. The highest BCUT2D eigenvalue weighted by molar-refractivity contribution is 7.80. The number of carbonyl (C=O) groups excluding carboxylic acids is 1. The van der Waals surface area contributed by atoms with Crippen LogP contribution < -0.4 is 15.4 Å². The van der Waals surface area contributed by atoms with E-state index in [0.717, 1.165) is 5.75 Å². The SMILES string of the molecule is CC(C)Oc1ccc(C(=O)NC(=S)Nc2cccc(Cl)c2)cc1. The average molecular weight is 349 g/mol. The van der Waals surface area contributed by atoms with Crippen LogP contribution in [0.15, 0.2) is 48.5 Å². The molecule has 23 heavy (non-hydrogen) atoms. The van der Waals surface area contributed by atoms with E-state index in [1.807, 2.05) is 19.9 Å². The van der Waals surface area contributed by atoms with Crippen LogP contribution in [0.3, 0.4) is 0 Å². The number of thiocarbonyl (C=S) groups is 1. The maximum Gasteiger partial charge on any atom is 0.257 e. The van der Waals surface area contributed by atoms with Crippen LogP contribution in [0.4, 0.5) is 5.69 Å². The fourth-order valence-electron chi connectivity index (χ4n) is 1.86. The number of benzene rings is 2. The summed E-state index contributed by atoms with van der Waals surface area (Å²) in [6.45, 7) is 3.89. The lowest BCUT2D eigenvalue weighted by Crippen LogP contribution is -2.34. The van der Waals surface area contributed by atoms with Crippen molar-refractivity contribution >= 4 is 40.5 Å². The second kappa shape index (κ2) is 7.94. The number of anilines is 1. The maximum atomic E-state index is 12.1. The van der Waals surface area contributed by atoms with Crippen LogP contribution in [-0.4, -0.2) is 17.1 Å². The van der Waals surface area contributed by atoms with Crippen molar-refractivity contribution in [2.24, 2.45) is 0 Å². The van der Waals surface area contributed by atoms with Crippen molar-refractivity contribution in [3.8, 4) is 5.75 Å². The van der Waals surface area contributed by atoms with Crippen LogP contribution in [0.25, 0.3) is 0 Å². The van der Waals surface area contributed by atoms with Gasteiger partial charge in [-0.3, -0.25) is 10.1 Å². The van der Waals surface area contributed by atoms with Gasteiger partial charge in [0, 0.05) is 16.3 Å². The molecule has 0 spiro atoms. The highest BCUT2D eigenvalue weighted by Crippen LogP contribution is 2.15. The van der Waals surface area contributed by atoms with Gasteiger partial charge in [0.15, 0.2) is 5.11 Å². The van der Waals surface area contributed by atoms with E-state index in [9.17, 15) is 4.79 Å². The van der Waals surface area contributed by atoms with Gasteiger partial charge in [-0.1, -0.05) is 17.7 Å². The predicted octanol–water partition coefficient (Wildman–Crippen LogP) is 4.25. The van der Waals surface area contributed by atoms with Gasteiger partial charge in [-0.25, -0.2) is 0 Å². The molecule has 2 aromatic rings. The highest BCUT2D eigenvalue weighted by Gasteiger charge is 2.08. The number of ether oxygens (including phenoxy) is 1. The number of amides is 1. The van der Waals surface area contributed by atoms with Crippen LogP contribution in [0.5, 0.6) is 5.75 Å². The van der Waals surface area contributed by atoms with E-state index < -0.39 is 0 Å². The summed E-state index contributed by atoms with van der Waals surface area (Å²) in [5, 5.41) is 6.33. The average Bonchev–Trinajstić information content (AvgIpc) is 2.47. The van der Waals surface area contributed by atoms with Gasteiger partial charge in [0.25, 0.3) is 5.91 Å². The molecule has 1 amide bonds. The second-order valence-electron chi connectivity index (χ2n) is 5.11. The molecule has 0 aliphatic rings. The van der Waals surface area contributed by atoms with E-state index in [1.54, 1.807) is 42.5 Å². The third-order valence-corrected chi connectivity index (χ3v) is 3.24. The predicted molar refractivity (Wildman–Crippen MR) is 97.3 cm³/mol. The highest BCUT2D eigenvalue weighted by atomic mass is 35.5. The van der Waals surface area contributed by atoms with Gasteiger partial charge in [-0.05, 0) is 68.5 Å². The second-order valence-corrected chi connectivity index (χ2v) is 5.95. The Labute approximate surface area is 145 Å². The Morgan fingerprint density at radius 3 is 2.48 bits per heavy atom. The Bertz CT molecular complexity index is 702. The van der Waals surface area contributed by atoms with Crippen LogP contribution >= 0.6 is 23.8 Å². The van der Waals surface area contributed by atoms with Crippen molar-refractivity contribution in [1.82, 2.24) is 5.32 Å². The molecule has 0 heterocycles. The molecule has 0 radical (unpaired) electrons. The van der Waals surface area contributed by atoms with Crippen molar-refractivity contribution in [1.29, 1.82) is 0 Å². The first-order valence-electron chi connectivity index (χ1n) is 7.08. The summed E-state index contributed by atoms with van der Waals surface area (Å²) in [6.07, 6.45) is 0.0872. The monoisotopic (exact) mass is 348 g/mol. The molecule has 0 aliphatic carbocycles. The van der Waals surface area contributed by atoms with Gasteiger partial charge in [-0.15, -0.1) is 0 Å². The minimum atomic E-state index is -0.291. The Hall–Kier alpha value is -2.11. The zero-order valence-corrected chi connectivity index (χ0v) is 14.4. The van der Waals surface area contributed by atoms with Crippen molar-refractivity contribution in [2.75, 3.05) is 5.32 Å². The van der Waals surface area contributed by atoms with Gasteiger partial charge < -0.3 is 10.1 Å². The molecule has 0 atom stereocenters. The molecule has 6 heteroatoms. The normalized spacial score (nSPS) is 10.3. The Morgan fingerprint density at radius 2 is 1.87 bits per heavy atom. The topological polar surface area (TPSA) is 50.4 Å². The first-order chi connectivity index (χ1) is 10.9. The van der Waals surface area contributed by atoms with Gasteiger partial charge in [-0.2, -0.15) is 0 Å². The molecule has 120 valence electrons. The fraction of sp³-hybridized carbons (Fsp3) is 0.176. The molecule has 0 aliphatic heterocycles. The summed E-state index contributed by atoms with van der Waals surface area (Å²) in [4.78, 5) is 12.1. The quantitative estimate of drug-likeness (QED) is 0.811. The zero-order valence-electron chi connectivity index (χ0n) is 12.8. The lowest BCUT2D eigenvalue weighted by Gasteiger charge is -2.11. The molecule has 2 rings (SSSR count). The summed E-state index contributed by atoms with van der Waals surface area (Å²) in [7, 11) is 0. The molecule has 0 aromatic heterocycles. The number of nitrogens with one attached hydrogen (secondary N) is 2. The lowest BCUT2D eigenvalue weighted by molar-refractivity contribution is 0.0977. The molecule has 0 fully saturated rings. The number of hydrogen-bond donors (Lipinski definition) is 2. The molecule has 0 saturated carbocycles. The van der Waals surface area contributed by atoms with E-state index in [1.165, 1.54) is 0 Å². The zero-order chi connectivity index (χ0) is 16.8. The third kappa shape index (κ3) is 5.54. The van der Waals surface area contributed by atoms with Crippen LogP contribution in [-0.2, 0) is 0 Å². The minimum Gasteiger partial charge on any atom is -0.491 e.